The van der Waals surface area contributed by atoms with E-state index < -0.39 is 4.92 Å². The van der Waals surface area contributed by atoms with Crippen molar-refractivity contribution in [3.63, 3.8) is 0 Å². The number of nitro benzene ring substituents is 1. The van der Waals surface area contributed by atoms with Crippen LogP contribution in [0, 0.1) is 24.0 Å². The van der Waals surface area contributed by atoms with E-state index in [4.69, 9.17) is 10.1 Å². The van der Waals surface area contributed by atoms with Crippen LogP contribution in [0.25, 0.3) is 16.9 Å². The Morgan fingerprint density at radius 3 is 2.48 bits per heavy atom. The molecule has 0 radical (unpaired) electrons. The molecule has 11 heteroatoms. The molecule has 0 unspecified atom stereocenters. The molecule has 2 aromatic heterocycles. The maximum Gasteiger partial charge on any atom is 0.297 e. The molecule has 0 bridgehead atoms. The summed E-state index contributed by atoms with van der Waals surface area (Å²) in [7, 11) is 1.82. The van der Waals surface area contributed by atoms with Gasteiger partial charge in [-0.1, -0.05) is 58.4 Å². The summed E-state index contributed by atoms with van der Waals surface area (Å²) in [6.45, 7) is 5.35. The van der Waals surface area contributed by atoms with Gasteiger partial charge in [0, 0.05) is 39.7 Å². The Bertz CT molecular complexity index is 1910. The Labute approximate surface area is 242 Å². The summed E-state index contributed by atoms with van der Waals surface area (Å²) < 4.78 is 5.96. The first-order chi connectivity index (χ1) is 19.2. The number of hydrogen-bond acceptors (Lipinski definition) is 6. The molecule has 0 saturated heterocycles. The number of benzene rings is 3. The summed E-state index contributed by atoms with van der Waals surface area (Å²) in [6, 6.07) is 22.2. The quantitative estimate of drug-likeness (QED) is 0.124. The second kappa shape index (κ2) is 11.0. The minimum atomic E-state index is -0.395. The van der Waals surface area contributed by atoms with Crippen molar-refractivity contribution in [3.8, 4) is 16.9 Å². The highest BCUT2D eigenvalue weighted by molar-refractivity contribution is 9.10. The van der Waals surface area contributed by atoms with Crippen molar-refractivity contribution in [3.05, 3.63) is 125 Å². The predicted molar refractivity (Wildman–Crippen MR) is 162 cm³/mol. The highest BCUT2D eigenvalue weighted by Crippen LogP contribution is 2.25. The maximum atomic E-state index is 13.6. The Hall–Kier alpha value is -4.35. The fourth-order valence-electron chi connectivity index (χ4n) is 4.34. The zero-order chi connectivity index (χ0) is 28.6. The first-order valence-corrected chi connectivity index (χ1v) is 14.0. The van der Waals surface area contributed by atoms with Gasteiger partial charge in [-0.15, -0.1) is 11.3 Å². The molecule has 9 nitrogen and oxygen atoms in total. The molecule has 0 atom stereocenters. The van der Waals surface area contributed by atoms with Crippen molar-refractivity contribution in [1.29, 1.82) is 0 Å². The molecule has 2 heterocycles. The number of thiazole rings is 1. The summed E-state index contributed by atoms with van der Waals surface area (Å²) in [5.74, 6) is 0. The Kier molecular flexibility index (Phi) is 7.51. The summed E-state index contributed by atoms with van der Waals surface area (Å²) in [5, 5.41) is 18.3. The number of para-hydroxylation sites is 1. The lowest BCUT2D eigenvalue weighted by atomic mass is 10.1. The van der Waals surface area contributed by atoms with Crippen molar-refractivity contribution >= 4 is 44.4 Å². The van der Waals surface area contributed by atoms with Gasteiger partial charge in [0.15, 0.2) is 5.69 Å². The smallest absolute Gasteiger partial charge is 0.283 e. The van der Waals surface area contributed by atoms with Gasteiger partial charge in [0.25, 0.3) is 11.2 Å². The van der Waals surface area contributed by atoms with Gasteiger partial charge in [-0.3, -0.25) is 19.6 Å². The van der Waals surface area contributed by atoms with E-state index in [0.29, 0.717) is 33.0 Å². The fourth-order valence-corrected chi connectivity index (χ4v) is 5.57. The van der Waals surface area contributed by atoms with Crippen LogP contribution in [0.5, 0.6) is 0 Å². The normalized spacial score (nSPS) is 12.2. The third kappa shape index (κ3) is 5.13. The van der Waals surface area contributed by atoms with Crippen molar-refractivity contribution in [2.24, 2.45) is 17.1 Å². The Balaban J connectivity index is 1.73. The van der Waals surface area contributed by atoms with Crippen LogP contribution in [-0.4, -0.2) is 24.7 Å². The number of hydrogen-bond donors (Lipinski definition) is 0. The monoisotopic (exact) mass is 616 g/mol. The highest BCUT2D eigenvalue weighted by atomic mass is 79.9. The Morgan fingerprint density at radius 2 is 1.77 bits per heavy atom. The van der Waals surface area contributed by atoms with Crippen LogP contribution in [0.15, 0.2) is 97.5 Å². The van der Waals surface area contributed by atoms with E-state index in [1.165, 1.54) is 17.4 Å². The molecule has 0 amide bonds. The van der Waals surface area contributed by atoms with Gasteiger partial charge in [0.2, 0.25) is 4.80 Å². The van der Waals surface area contributed by atoms with Crippen LogP contribution in [0.2, 0.25) is 0 Å². The van der Waals surface area contributed by atoms with Gasteiger partial charge >= 0.3 is 0 Å². The van der Waals surface area contributed by atoms with Crippen molar-refractivity contribution < 1.29 is 4.92 Å². The summed E-state index contributed by atoms with van der Waals surface area (Å²) in [4.78, 5) is 30.0. The van der Waals surface area contributed by atoms with E-state index in [1.807, 2.05) is 80.0 Å². The number of aryl methyl sites for hydroxylation is 1. The zero-order valence-corrected chi connectivity index (χ0v) is 24.6. The topological polar surface area (TPSA) is 99.7 Å². The van der Waals surface area contributed by atoms with E-state index in [9.17, 15) is 14.9 Å². The van der Waals surface area contributed by atoms with E-state index in [1.54, 1.807) is 34.0 Å². The zero-order valence-electron chi connectivity index (χ0n) is 22.2. The van der Waals surface area contributed by atoms with Crippen LogP contribution in [0.1, 0.15) is 23.7 Å². The van der Waals surface area contributed by atoms with Crippen LogP contribution < -0.4 is 10.4 Å². The van der Waals surface area contributed by atoms with Gasteiger partial charge in [0.1, 0.15) is 0 Å². The van der Waals surface area contributed by atoms with Gasteiger partial charge in [-0.2, -0.15) is 5.10 Å². The molecule has 0 fully saturated rings. The lowest BCUT2D eigenvalue weighted by Gasteiger charge is -2.07. The number of rotatable bonds is 6. The van der Waals surface area contributed by atoms with Crippen LogP contribution in [0.4, 0.5) is 11.4 Å². The first kappa shape index (κ1) is 27.2. The minimum Gasteiger partial charge on any atom is -0.283 e. The lowest BCUT2D eigenvalue weighted by molar-refractivity contribution is -0.385. The molecule has 202 valence electrons. The van der Waals surface area contributed by atoms with E-state index in [0.717, 1.165) is 21.4 Å². The van der Waals surface area contributed by atoms with Crippen molar-refractivity contribution in [2.75, 3.05) is 0 Å². The second-order valence-electron chi connectivity index (χ2n) is 9.19. The van der Waals surface area contributed by atoms with Gasteiger partial charge < -0.3 is 0 Å². The third-order valence-electron chi connectivity index (χ3n) is 6.61. The third-order valence-corrected chi connectivity index (χ3v) is 7.92. The van der Waals surface area contributed by atoms with Crippen molar-refractivity contribution in [2.45, 2.75) is 20.8 Å². The second-order valence-corrected chi connectivity index (χ2v) is 10.9. The molecular weight excluding hydrogens is 592 g/mol. The highest BCUT2D eigenvalue weighted by Gasteiger charge is 2.18. The number of nitrogens with zero attached hydrogens (tertiary/aromatic N) is 6. The van der Waals surface area contributed by atoms with Crippen molar-refractivity contribution in [1.82, 2.24) is 14.0 Å². The molecule has 0 spiro atoms. The van der Waals surface area contributed by atoms with Gasteiger partial charge in [-0.25, -0.2) is 14.4 Å². The molecule has 0 saturated carbocycles. The van der Waals surface area contributed by atoms with Crippen LogP contribution in [-0.2, 0) is 7.05 Å². The van der Waals surface area contributed by atoms with Gasteiger partial charge in [-0.05, 0) is 45.0 Å². The SMILES string of the molecule is CC(=Nn1c(-c2cccc(Br)c2)csc1=Nc1c(C)n(C)n(-c2ccccc2)c1=O)c1ccc(C)c([N+](=O)[O-])c1. The molecular formula is C29H25BrN6O3S. The number of aromatic nitrogens is 3. The molecule has 0 aliphatic rings. The summed E-state index contributed by atoms with van der Waals surface area (Å²) in [6.07, 6.45) is 0. The molecule has 40 heavy (non-hydrogen) atoms. The molecule has 3 aromatic carbocycles. The molecule has 0 N–H and O–H groups in total. The predicted octanol–water partition coefficient (Wildman–Crippen LogP) is 6.50. The maximum absolute atomic E-state index is 13.6. The Morgan fingerprint density at radius 1 is 1.02 bits per heavy atom. The van der Waals surface area contributed by atoms with Crippen LogP contribution >= 0.6 is 27.3 Å². The molecule has 5 rings (SSSR count). The lowest BCUT2D eigenvalue weighted by Crippen LogP contribution is -2.20. The average molecular weight is 618 g/mol. The summed E-state index contributed by atoms with van der Waals surface area (Å²) >= 11 is 4.89. The molecule has 5 aromatic rings. The van der Waals surface area contributed by atoms with Gasteiger partial charge in [0.05, 0.1) is 27.7 Å². The first-order valence-electron chi connectivity index (χ1n) is 12.3. The van der Waals surface area contributed by atoms with E-state index in [2.05, 4.69) is 15.9 Å². The standard InChI is InChI=1S/C29H25BrN6O3S/c1-18-13-14-21(16-25(18)36(38)39)19(2)32-34-26(22-9-8-10-23(30)15-22)17-40-29(34)31-27-20(3)33(4)35(28(27)37)24-11-6-5-7-12-24/h5-17H,1-4H3. The molecule has 0 aliphatic heterocycles. The van der Waals surface area contributed by atoms with E-state index >= 15 is 0 Å². The summed E-state index contributed by atoms with van der Waals surface area (Å²) in [5.41, 5.74) is 4.94. The minimum absolute atomic E-state index is 0.0286. The number of halogens is 1. The van der Waals surface area contributed by atoms with E-state index in [-0.39, 0.29) is 11.2 Å². The average Bonchev–Trinajstić information content (AvgIpc) is 3.42. The largest absolute Gasteiger partial charge is 0.297 e. The fraction of sp³-hybridized carbons (Fsp3) is 0.138. The molecule has 0 aliphatic carbocycles. The van der Waals surface area contributed by atoms with Crippen LogP contribution in [0.3, 0.4) is 0 Å². The number of nitro groups is 1.